The van der Waals surface area contributed by atoms with Crippen molar-refractivity contribution < 1.29 is 9.59 Å². The highest BCUT2D eigenvalue weighted by Gasteiger charge is 2.51. The molecule has 0 saturated carbocycles. The number of hydrogen-bond acceptors (Lipinski definition) is 2. The topological polar surface area (TPSA) is 40.6 Å². The molecule has 0 aliphatic carbocycles. The van der Waals surface area contributed by atoms with Gasteiger partial charge in [0.05, 0.1) is 5.41 Å². The third kappa shape index (κ3) is 3.48. The number of rotatable bonds is 7. The minimum atomic E-state index is -0.842. The van der Waals surface area contributed by atoms with Crippen LogP contribution in [0.25, 0.3) is 0 Å². The van der Waals surface area contributed by atoms with Crippen LogP contribution in [0.5, 0.6) is 0 Å². The number of fused-ring (bicyclic) bond motifs is 1. The van der Waals surface area contributed by atoms with Crippen LogP contribution in [-0.2, 0) is 21.4 Å². The van der Waals surface area contributed by atoms with E-state index in [1.165, 1.54) is 0 Å². The normalized spacial score (nSPS) is 18.5. The molecule has 4 nitrogen and oxygen atoms in total. The van der Waals surface area contributed by atoms with Gasteiger partial charge >= 0.3 is 0 Å². The highest BCUT2D eigenvalue weighted by atomic mass is 16.2. The zero-order chi connectivity index (χ0) is 19.4. The average molecular weight is 364 g/mol. The lowest BCUT2D eigenvalue weighted by atomic mass is 9.73. The lowest BCUT2D eigenvalue weighted by Crippen LogP contribution is -2.45. The molecule has 1 aliphatic heterocycles. The highest BCUT2D eigenvalue weighted by Crippen LogP contribution is 2.45. The van der Waals surface area contributed by atoms with E-state index in [1.54, 1.807) is 4.90 Å². The summed E-state index contributed by atoms with van der Waals surface area (Å²) in [4.78, 5) is 30.2. The summed E-state index contributed by atoms with van der Waals surface area (Å²) in [6.45, 7) is 5.45. The summed E-state index contributed by atoms with van der Waals surface area (Å²) >= 11 is 0. The van der Waals surface area contributed by atoms with Crippen LogP contribution in [0, 0.1) is 0 Å². The third-order valence-corrected chi connectivity index (χ3v) is 5.52. The van der Waals surface area contributed by atoms with Crippen molar-refractivity contribution in [2.45, 2.75) is 38.5 Å². The van der Waals surface area contributed by atoms with Gasteiger partial charge in [-0.15, -0.1) is 0 Å². The summed E-state index contributed by atoms with van der Waals surface area (Å²) in [5, 5.41) is 0. The Morgan fingerprint density at radius 1 is 1.04 bits per heavy atom. The first-order chi connectivity index (χ1) is 13.0. The van der Waals surface area contributed by atoms with Crippen LogP contribution < -0.4 is 4.90 Å². The van der Waals surface area contributed by atoms with E-state index in [0.29, 0.717) is 13.0 Å². The number of anilines is 1. The van der Waals surface area contributed by atoms with Gasteiger partial charge in [0.25, 0.3) is 0 Å². The highest BCUT2D eigenvalue weighted by molar-refractivity contribution is 6.09. The lowest BCUT2D eigenvalue weighted by molar-refractivity contribution is -0.136. The van der Waals surface area contributed by atoms with Crippen molar-refractivity contribution in [1.82, 2.24) is 4.90 Å². The van der Waals surface area contributed by atoms with Gasteiger partial charge < -0.3 is 9.80 Å². The van der Waals surface area contributed by atoms with Gasteiger partial charge in [0.15, 0.2) is 0 Å². The Balaban J connectivity index is 2.05. The molecule has 1 aliphatic rings. The molecule has 1 heterocycles. The van der Waals surface area contributed by atoms with Crippen molar-refractivity contribution in [1.29, 1.82) is 0 Å². The van der Waals surface area contributed by atoms with E-state index in [1.807, 2.05) is 73.5 Å². The minimum absolute atomic E-state index is 0.00783. The zero-order valence-electron chi connectivity index (χ0n) is 16.4. The van der Waals surface area contributed by atoms with Gasteiger partial charge in [0.2, 0.25) is 11.8 Å². The number of para-hydroxylation sites is 1. The van der Waals surface area contributed by atoms with Gasteiger partial charge in [-0.25, -0.2) is 0 Å². The first-order valence-electron chi connectivity index (χ1n) is 9.73. The van der Waals surface area contributed by atoms with E-state index in [0.717, 1.165) is 29.8 Å². The predicted molar refractivity (Wildman–Crippen MR) is 109 cm³/mol. The number of carbonyl (C=O) groups is 2. The summed E-state index contributed by atoms with van der Waals surface area (Å²) in [5.41, 5.74) is 2.10. The number of amides is 2. The molecule has 0 bridgehead atoms. The van der Waals surface area contributed by atoms with Gasteiger partial charge in [-0.3, -0.25) is 9.59 Å². The standard InChI is InChI=1S/C23H28N2O2/c1-4-15-25(5-2)21(26)17-23(16-18-11-7-6-8-12-18)19-13-9-10-14-20(19)24(3)22(23)27/h6-14H,4-5,15-17H2,1-3H3. The van der Waals surface area contributed by atoms with Crippen molar-refractivity contribution in [2.75, 3.05) is 25.0 Å². The van der Waals surface area contributed by atoms with Crippen LogP contribution in [0.3, 0.4) is 0 Å². The summed E-state index contributed by atoms with van der Waals surface area (Å²) in [5.74, 6) is 0.0576. The lowest BCUT2D eigenvalue weighted by Gasteiger charge is -2.31. The summed E-state index contributed by atoms with van der Waals surface area (Å²) in [6.07, 6.45) is 1.65. The molecule has 3 rings (SSSR count). The van der Waals surface area contributed by atoms with Crippen LogP contribution >= 0.6 is 0 Å². The van der Waals surface area contributed by atoms with Crippen LogP contribution in [-0.4, -0.2) is 36.9 Å². The Labute approximate surface area is 161 Å². The van der Waals surface area contributed by atoms with Gasteiger partial charge in [0, 0.05) is 32.2 Å². The van der Waals surface area contributed by atoms with Gasteiger partial charge in [-0.2, -0.15) is 0 Å². The maximum absolute atomic E-state index is 13.4. The zero-order valence-corrected chi connectivity index (χ0v) is 16.4. The molecular weight excluding hydrogens is 336 g/mol. The molecule has 0 N–H and O–H groups in total. The molecule has 4 heteroatoms. The quantitative estimate of drug-likeness (QED) is 0.750. The van der Waals surface area contributed by atoms with E-state index in [2.05, 4.69) is 6.92 Å². The van der Waals surface area contributed by atoms with Gasteiger partial charge in [-0.1, -0.05) is 55.5 Å². The molecule has 0 fully saturated rings. The van der Waals surface area contributed by atoms with Crippen LogP contribution in [0.2, 0.25) is 0 Å². The molecule has 27 heavy (non-hydrogen) atoms. The summed E-state index contributed by atoms with van der Waals surface area (Å²) < 4.78 is 0. The fourth-order valence-corrected chi connectivity index (χ4v) is 4.16. The van der Waals surface area contributed by atoms with Crippen LogP contribution in [0.4, 0.5) is 5.69 Å². The van der Waals surface area contributed by atoms with Crippen molar-refractivity contribution in [2.24, 2.45) is 0 Å². The molecule has 1 unspecified atom stereocenters. The SMILES string of the molecule is CCCN(CC)C(=O)CC1(Cc2ccccc2)C(=O)N(C)c2ccccc21. The van der Waals surface area contributed by atoms with Crippen molar-refractivity contribution >= 4 is 17.5 Å². The molecule has 0 saturated heterocycles. The van der Waals surface area contributed by atoms with E-state index in [9.17, 15) is 9.59 Å². The first-order valence-corrected chi connectivity index (χ1v) is 9.73. The smallest absolute Gasteiger partial charge is 0.238 e. The Kier molecular flexibility index (Phi) is 5.64. The minimum Gasteiger partial charge on any atom is -0.343 e. The fraction of sp³-hybridized carbons (Fsp3) is 0.391. The van der Waals surface area contributed by atoms with E-state index < -0.39 is 5.41 Å². The van der Waals surface area contributed by atoms with Crippen molar-refractivity contribution in [3.05, 3.63) is 65.7 Å². The molecule has 2 amide bonds. The fourth-order valence-electron chi connectivity index (χ4n) is 4.16. The number of likely N-dealkylation sites (N-methyl/N-ethyl adjacent to an activating group) is 1. The second-order valence-corrected chi connectivity index (χ2v) is 7.28. The van der Waals surface area contributed by atoms with Crippen molar-refractivity contribution in [3.63, 3.8) is 0 Å². The maximum Gasteiger partial charge on any atom is 0.238 e. The first kappa shape index (κ1) is 19.2. The number of benzene rings is 2. The van der Waals surface area contributed by atoms with Gasteiger partial charge in [-0.05, 0) is 37.0 Å². The Hall–Kier alpha value is -2.62. The molecule has 0 radical (unpaired) electrons. The molecule has 2 aromatic rings. The molecule has 0 aromatic heterocycles. The van der Waals surface area contributed by atoms with Gasteiger partial charge in [0.1, 0.15) is 0 Å². The number of hydrogen-bond donors (Lipinski definition) is 0. The van der Waals surface area contributed by atoms with Crippen molar-refractivity contribution in [3.8, 4) is 0 Å². The second kappa shape index (κ2) is 7.95. The third-order valence-electron chi connectivity index (χ3n) is 5.52. The second-order valence-electron chi connectivity index (χ2n) is 7.28. The van der Waals surface area contributed by atoms with E-state index in [4.69, 9.17) is 0 Å². The Bertz CT molecular complexity index is 818. The molecule has 142 valence electrons. The largest absolute Gasteiger partial charge is 0.343 e. The summed E-state index contributed by atoms with van der Waals surface area (Å²) in [7, 11) is 1.81. The Morgan fingerprint density at radius 2 is 1.70 bits per heavy atom. The maximum atomic E-state index is 13.4. The Morgan fingerprint density at radius 3 is 2.37 bits per heavy atom. The molecular formula is C23H28N2O2. The van der Waals surface area contributed by atoms with Crippen LogP contribution in [0.15, 0.2) is 54.6 Å². The molecule has 2 aromatic carbocycles. The molecule has 0 spiro atoms. The predicted octanol–water partition coefficient (Wildman–Crippen LogP) is 3.79. The number of carbonyl (C=O) groups excluding carboxylic acids is 2. The monoisotopic (exact) mass is 364 g/mol. The average Bonchev–Trinajstić information content (AvgIpc) is 2.89. The van der Waals surface area contributed by atoms with Crippen LogP contribution in [0.1, 0.15) is 37.8 Å². The van der Waals surface area contributed by atoms with E-state index >= 15 is 0 Å². The van der Waals surface area contributed by atoms with E-state index in [-0.39, 0.29) is 18.2 Å². The summed E-state index contributed by atoms with van der Waals surface area (Å²) in [6, 6.07) is 17.9. The number of nitrogens with zero attached hydrogens (tertiary/aromatic N) is 2. The molecule has 1 atom stereocenters.